The van der Waals surface area contributed by atoms with E-state index in [2.05, 4.69) is 0 Å². The predicted molar refractivity (Wildman–Crippen MR) is 107 cm³/mol. The third-order valence-electron chi connectivity index (χ3n) is 5.01. The zero-order chi connectivity index (χ0) is 21.1. The highest BCUT2D eigenvalue weighted by atomic mass is 16.7. The van der Waals surface area contributed by atoms with Crippen molar-refractivity contribution in [1.82, 2.24) is 4.90 Å². The van der Waals surface area contributed by atoms with E-state index < -0.39 is 17.9 Å². The second-order valence-corrected chi connectivity index (χ2v) is 6.86. The summed E-state index contributed by atoms with van der Waals surface area (Å²) in [6.45, 7) is 0.610. The predicted octanol–water partition coefficient (Wildman–Crippen LogP) is 3.13. The van der Waals surface area contributed by atoms with Crippen molar-refractivity contribution in [2.24, 2.45) is 0 Å². The number of nitrogens with zero attached hydrogens (tertiary/aromatic N) is 1. The van der Waals surface area contributed by atoms with Crippen molar-refractivity contribution < 1.29 is 28.5 Å². The lowest BCUT2D eigenvalue weighted by Gasteiger charge is -2.30. The summed E-state index contributed by atoms with van der Waals surface area (Å²) in [6, 6.07) is 15.0. The molecule has 154 valence electrons. The first-order valence-corrected chi connectivity index (χ1v) is 9.40. The fourth-order valence-electron chi connectivity index (χ4n) is 3.63. The molecule has 0 bridgehead atoms. The molecule has 2 aliphatic rings. The highest BCUT2D eigenvalue weighted by Gasteiger charge is 2.35. The monoisotopic (exact) mass is 407 g/mol. The van der Waals surface area contributed by atoms with Gasteiger partial charge < -0.3 is 23.8 Å². The average molecular weight is 407 g/mol. The van der Waals surface area contributed by atoms with Gasteiger partial charge in [0.1, 0.15) is 0 Å². The Morgan fingerprint density at radius 2 is 1.57 bits per heavy atom. The van der Waals surface area contributed by atoms with Crippen LogP contribution in [0, 0.1) is 0 Å². The van der Waals surface area contributed by atoms with Gasteiger partial charge in [0.2, 0.25) is 6.79 Å². The summed E-state index contributed by atoms with van der Waals surface area (Å²) >= 11 is 0. The van der Waals surface area contributed by atoms with E-state index in [0.717, 1.165) is 11.1 Å². The Morgan fingerprint density at radius 1 is 0.933 bits per heavy atom. The number of fused-ring (bicyclic) bond motifs is 1. The van der Waals surface area contributed by atoms with Gasteiger partial charge in [-0.3, -0.25) is 0 Å². The van der Waals surface area contributed by atoms with E-state index in [0.29, 0.717) is 29.2 Å². The summed E-state index contributed by atoms with van der Waals surface area (Å²) in [6.07, 6.45) is 3.42. The van der Waals surface area contributed by atoms with Crippen molar-refractivity contribution in [3.63, 3.8) is 0 Å². The third kappa shape index (κ3) is 3.74. The van der Waals surface area contributed by atoms with E-state index in [9.17, 15) is 9.59 Å². The van der Waals surface area contributed by atoms with Crippen molar-refractivity contribution >= 4 is 11.9 Å². The Labute approximate surface area is 174 Å². The van der Waals surface area contributed by atoms with Crippen LogP contribution in [0.4, 0.5) is 0 Å². The fraction of sp³-hybridized carbons (Fsp3) is 0.217. The average Bonchev–Trinajstić information content (AvgIpc) is 3.26. The van der Waals surface area contributed by atoms with Crippen LogP contribution in [0.1, 0.15) is 17.0 Å². The van der Waals surface area contributed by atoms with Gasteiger partial charge in [0.15, 0.2) is 11.5 Å². The Hall–Kier alpha value is -3.74. The van der Waals surface area contributed by atoms with Crippen LogP contribution in [0.5, 0.6) is 11.5 Å². The molecular weight excluding hydrogens is 386 g/mol. The van der Waals surface area contributed by atoms with Gasteiger partial charge in [0.05, 0.1) is 31.3 Å². The molecular formula is C23H21NO6. The molecule has 0 spiro atoms. The molecule has 2 aliphatic heterocycles. The lowest BCUT2D eigenvalue weighted by Crippen LogP contribution is -2.28. The van der Waals surface area contributed by atoms with Gasteiger partial charge in [-0.05, 0) is 23.3 Å². The van der Waals surface area contributed by atoms with E-state index in [4.69, 9.17) is 18.9 Å². The molecule has 0 unspecified atom stereocenters. The van der Waals surface area contributed by atoms with Crippen molar-refractivity contribution in [3.8, 4) is 11.5 Å². The molecule has 2 heterocycles. The normalized spacial score (nSPS) is 15.3. The molecule has 0 saturated heterocycles. The van der Waals surface area contributed by atoms with Crippen molar-refractivity contribution in [3.05, 3.63) is 83.2 Å². The minimum absolute atomic E-state index is 0.194. The lowest BCUT2D eigenvalue weighted by molar-refractivity contribution is -0.137. The highest BCUT2D eigenvalue weighted by Crippen LogP contribution is 2.38. The molecule has 0 aliphatic carbocycles. The van der Waals surface area contributed by atoms with Crippen LogP contribution in [0.15, 0.2) is 72.1 Å². The molecule has 0 fully saturated rings. The summed E-state index contributed by atoms with van der Waals surface area (Å²) in [4.78, 5) is 27.0. The molecule has 2 aromatic carbocycles. The topological polar surface area (TPSA) is 74.3 Å². The van der Waals surface area contributed by atoms with Crippen LogP contribution in [0.25, 0.3) is 0 Å². The molecule has 0 radical (unpaired) electrons. The highest BCUT2D eigenvalue weighted by molar-refractivity contribution is 5.98. The zero-order valence-corrected chi connectivity index (χ0v) is 16.7. The Balaban J connectivity index is 1.73. The minimum Gasteiger partial charge on any atom is -0.466 e. The van der Waals surface area contributed by atoms with E-state index in [1.165, 1.54) is 14.2 Å². The first-order chi connectivity index (χ1) is 14.6. The fourth-order valence-corrected chi connectivity index (χ4v) is 3.63. The second kappa shape index (κ2) is 8.32. The number of esters is 2. The molecule has 7 nitrogen and oxygen atoms in total. The van der Waals surface area contributed by atoms with Crippen molar-refractivity contribution in [2.75, 3.05) is 21.0 Å². The number of carbonyl (C=O) groups excluding carboxylic acids is 2. The van der Waals surface area contributed by atoms with Crippen LogP contribution in [-0.2, 0) is 25.6 Å². The van der Waals surface area contributed by atoms with Crippen LogP contribution >= 0.6 is 0 Å². The molecule has 2 aromatic rings. The SMILES string of the molecule is COC(=O)C1=CN(Cc2ccc3c(c2)OCO3)C=C(C(=O)OC)C1c1ccccc1. The summed E-state index contributed by atoms with van der Waals surface area (Å²) in [7, 11) is 2.65. The number of hydrogen-bond acceptors (Lipinski definition) is 7. The first kappa shape index (κ1) is 19.6. The van der Waals surface area contributed by atoms with Gasteiger partial charge in [-0.1, -0.05) is 36.4 Å². The smallest absolute Gasteiger partial charge is 0.336 e. The number of rotatable bonds is 5. The van der Waals surface area contributed by atoms with Crippen LogP contribution in [-0.4, -0.2) is 37.9 Å². The Morgan fingerprint density at radius 3 is 2.20 bits per heavy atom. The Kier molecular flexibility index (Phi) is 5.43. The van der Waals surface area contributed by atoms with Gasteiger partial charge in [0.25, 0.3) is 0 Å². The van der Waals surface area contributed by atoms with E-state index in [1.54, 1.807) is 17.3 Å². The third-order valence-corrected chi connectivity index (χ3v) is 5.01. The lowest BCUT2D eigenvalue weighted by atomic mass is 9.83. The standard InChI is InChI=1S/C23H21NO6/c1-27-22(25)17-12-24(11-15-8-9-19-20(10-15)30-14-29-19)13-18(23(26)28-2)21(17)16-6-4-3-5-7-16/h3-10,12-13,21H,11,14H2,1-2H3. The molecule has 7 heteroatoms. The molecule has 30 heavy (non-hydrogen) atoms. The van der Waals surface area contributed by atoms with Crippen molar-refractivity contribution in [1.29, 1.82) is 0 Å². The van der Waals surface area contributed by atoms with E-state index in [-0.39, 0.29) is 6.79 Å². The van der Waals surface area contributed by atoms with Gasteiger partial charge in [-0.15, -0.1) is 0 Å². The minimum atomic E-state index is -0.584. The molecule has 0 atom stereocenters. The number of hydrogen-bond donors (Lipinski definition) is 0. The van der Waals surface area contributed by atoms with E-state index in [1.807, 2.05) is 48.5 Å². The zero-order valence-electron chi connectivity index (χ0n) is 16.7. The first-order valence-electron chi connectivity index (χ1n) is 9.40. The van der Waals surface area contributed by atoms with Crippen LogP contribution in [0.3, 0.4) is 0 Å². The number of methoxy groups -OCH3 is 2. The van der Waals surface area contributed by atoms with Gasteiger partial charge in [0, 0.05) is 18.9 Å². The number of ether oxygens (including phenoxy) is 4. The molecule has 0 aromatic heterocycles. The summed E-state index contributed by atoms with van der Waals surface area (Å²) < 4.78 is 20.8. The van der Waals surface area contributed by atoms with E-state index >= 15 is 0 Å². The molecule has 0 saturated carbocycles. The molecule has 0 N–H and O–H groups in total. The van der Waals surface area contributed by atoms with Gasteiger partial charge in [-0.25, -0.2) is 9.59 Å². The second-order valence-electron chi connectivity index (χ2n) is 6.86. The number of carbonyl (C=O) groups is 2. The number of benzene rings is 2. The van der Waals surface area contributed by atoms with Crippen LogP contribution < -0.4 is 9.47 Å². The van der Waals surface area contributed by atoms with Gasteiger partial charge in [-0.2, -0.15) is 0 Å². The maximum Gasteiger partial charge on any atom is 0.336 e. The Bertz CT molecular complexity index is 993. The summed E-state index contributed by atoms with van der Waals surface area (Å²) in [5.74, 6) is -0.235. The maximum atomic E-state index is 12.6. The summed E-state index contributed by atoms with van der Waals surface area (Å²) in [5, 5.41) is 0. The largest absolute Gasteiger partial charge is 0.466 e. The van der Waals surface area contributed by atoms with Crippen molar-refractivity contribution in [2.45, 2.75) is 12.5 Å². The maximum absolute atomic E-state index is 12.6. The molecule has 0 amide bonds. The summed E-state index contributed by atoms with van der Waals surface area (Å²) in [5.41, 5.74) is 2.44. The van der Waals surface area contributed by atoms with Crippen LogP contribution in [0.2, 0.25) is 0 Å². The quantitative estimate of drug-likeness (QED) is 0.705. The molecule has 4 rings (SSSR count). The van der Waals surface area contributed by atoms with Gasteiger partial charge >= 0.3 is 11.9 Å².